The fourth-order valence-corrected chi connectivity index (χ4v) is 1.93. The Morgan fingerprint density at radius 3 is 2.74 bits per heavy atom. The Kier molecular flexibility index (Phi) is 4.39. The van der Waals surface area contributed by atoms with Gasteiger partial charge in [-0.1, -0.05) is 39.1 Å². The number of hydrogen-bond donors (Lipinski definition) is 1. The lowest BCUT2D eigenvalue weighted by Gasteiger charge is -2.07. The van der Waals surface area contributed by atoms with E-state index in [1.807, 2.05) is 6.92 Å². The van der Waals surface area contributed by atoms with Gasteiger partial charge in [-0.05, 0) is 30.7 Å². The summed E-state index contributed by atoms with van der Waals surface area (Å²) in [5.41, 5.74) is 1.46. The highest BCUT2D eigenvalue weighted by Crippen LogP contribution is 2.26. The zero-order valence-electron chi connectivity index (χ0n) is 9.75. The molecule has 1 aromatic heterocycles. The second-order valence-corrected chi connectivity index (χ2v) is 5.34. The summed E-state index contributed by atoms with van der Waals surface area (Å²) in [6.07, 6.45) is 1.23. The van der Waals surface area contributed by atoms with E-state index in [9.17, 15) is 4.79 Å². The van der Waals surface area contributed by atoms with Crippen LogP contribution in [0.4, 0.5) is 5.82 Å². The van der Waals surface area contributed by atoms with E-state index in [0.29, 0.717) is 5.56 Å². The van der Waals surface area contributed by atoms with Crippen molar-refractivity contribution in [3.05, 3.63) is 50.3 Å². The van der Waals surface area contributed by atoms with Crippen LogP contribution in [0.25, 0.3) is 0 Å². The van der Waals surface area contributed by atoms with Crippen LogP contribution in [0.3, 0.4) is 0 Å². The molecule has 1 amide bonds. The number of aromatic nitrogens is 2. The monoisotopic (exact) mass is 359 g/mol. The molecule has 0 aliphatic heterocycles. The maximum Gasteiger partial charge on any atom is 0.256 e. The standard InChI is InChI=1S/C12H8BrCl2N3O/c1-6-4-7(2-3-8(6)13)12(19)18-11-9(14)10(15)16-5-17-11/h2-5H,1H3,(H,16,17,18,19). The minimum Gasteiger partial charge on any atom is -0.305 e. The van der Waals surface area contributed by atoms with Gasteiger partial charge in [0.05, 0.1) is 0 Å². The van der Waals surface area contributed by atoms with Gasteiger partial charge < -0.3 is 5.32 Å². The summed E-state index contributed by atoms with van der Waals surface area (Å²) in [6.45, 7) is 1.90. The summed E-state index contributed by atoms with van der Waals surface area (Å²) < 4.78 is 0.937. The number of benzene rings is 1. The van der Waals surface area contributed by atoms with Gasteiger partial charge in [0, 0.05) is 10.0 Å². The van der Waals surface area contributed by atoms with E-state index >= 15 is 0 Å². The van der Waals surface area contributed by atoms with Crippen LogP contribution in [-0.4, -0.2) is 15.9 Å². The van der Waals surface area contributed by atoms with Gasteiger partial charge in [-0.2, -0.15) is 0 Å². The normalized spacial score (nSPS) is 10.3. The Labute approximate surface area is 128 Å². The second-order valence-electron chi connectivity index (χ2n) is 3.75. The molecule has 7 heteroatoms. The fourth-order valence-electron chi connectivity index (χ4n) is 1.40. The third-order valence-corrected chi connectivity index (χ3v) is 4.03. The van der Waals surface area contributed by atoms with Crippen molar-refractivity contribution in [2.24, 2.45) is 0 Å². The number of carbonyl (C=O) groups is 1. The van der Waals surface area contributed by atoms with Gasteiger partial charge in [-0.15, -0.1) is 0 Å². The number of aryl methyl sites for hydroxylation is 1. The first-order chi connectivity index (χ1) is 8.99. The highest BCUT2D eigenvalue weighted by molar-refractivity contribution is 9.10. The average Bonchev–Trinajstić information content (AvgIpc) is 2.38. The second kappa shape index (κ2) is 5.86. The predicted molar refractivity (Wildman–Crippen MR) is 78.9 cm³/mol. The fraction of sp³-hybridized carbons (Fsp3) is 0.0833. The first-order valence-corrected chi connectivity index (χ1v) is 6.77. The van der Waals surface area contributed by atoms with Crippen LogP contribution >= 0.6 is 39.1 Å². The van der Waals surface area contributed by atoms with Crippen LogP contribution in [0.1, 0.15) is 15.9 Å². The maximum atomic E-state index is 12.1. The lowest BCUT2D eigenvalue weighted by Crippen LogP contribution is -2.13. The van der Waals surface area contributed by atoms with E-state index < -0.39 is 0 Å². The van der Waals surface area contributed by atoms with Crippen molar-refractivity contribution < 1.29 is 4.79 Å². The summed E-state index contributed by atoms with van der Waals surface area (Å²) in [6, 6.07) is 5.26. The third kappa shape index (κ3) is 3.23. The number of rotatable bonds is 2. The topological polar surface area (TPSA) is 54.9 Å². The summed E-state index contributed by atoms with van der Waals surface area (Å²) in [5, 5.41) is 2.81. The Morgan fingerprint density at radius 1 is 1.32 bits per heavy atom. The van der Waals surface area contributed by atoms with E-state index in [2.05, 4.69) is 31.2 Å². The molecular formula is C12H8BrCl2N3O. The first kappa shape index (κ1) is 14.2. The minimum absolute atomic E-state index is 0.0963. The van der Waals surface area contributed by atoms with Crippen molar-refractivity contribution in [3.8, 4) is 0 Å². The lowest BCUT2D eigenvalue weighted by atomic mass is 10.1. The molecule has 98 valence electrons. The van der Waals surface area contributed by atoms with Gasteiger partial charge in [-0.25, -0.2) is 9.97 Å². The molecule has 1 heterocycles. The summed E-state index contributed by atoms with van der Waals surface area (Å²) in [7, 11) is 0. The van der Waals surface area contributed by atoms with Gasteiger partial charge in [0.1, 0.15) is 11.3 Å². The molecule has 4 nitrogen and oxygen atoms in total. The molecule has 0 atom stereocenters. The number of nitrogens with zero attached hydrogens (tertiary/aromatic N) is 2. The largest absolute Gasteiger partial charge is 0.305 e. The molecule has 2 aromatic rings. The number of hydrogen-bond acceptors (Lipinski definition) is 3. The molecular weight excluding hydrogens is 353 g/mol. The van der Waals surface area contributed by atoms with Crippen molar-refractivity contribution in [3.63, 3.8) is 0 Å². The summed E-state index contributed by atoms with van der Waals surface area (Å²) in [4.78, 5) is 19.6. The molecule has 19 heavy (non-hydrogen) atoms. The zero-order chi connectivity index (χ0) is 14.0. The maximum absolute atomic E-state index is 12.1. The molecule has 0 fully saturated rings. The van der Waals surface area contributed by atoms with Crippen LogP contribution in [0.15, 0.2) is 29.0 Å². The van der Waals surface area contributed by atoms with E-state index in [1.165, 1.54) is 6.33 Å². The van der Waals surface area contributed by atoms with Crippen molar-refractivity contribution in [1.29, 1.82) is 0 Å². The van der Waals surface area contributed by atoms with Crippen LogP contribution in [-0.2, 0) is 0 Å². The molecule has 1 aromatic carbocycles. The molecule has 2 rings (SSSR count). The van der Waals surface area contributed by atoms with Gasteiger partial charge in [0.2, 0.25) is 0 Å². The summed E-state index contributed by atoms with van der Waals surface area (Å²) >= 11 is 15.0. The van der Waals surface area contributed by atoms with Crippen LogP contribution in [0.2, 0.25) is 10.2 Å². The molecule has 1 N–H and O–H groups in total. The van der Waals surface area contributed by atoms with E-state index in [1.54, 1.807) is 18.2 Å². The van der Waals surface area contributed by atoms with Gasteiger partial charge in [0.15, 0.2) is 11.0 Å². The SMILES string of the molecule is Cc1cc(C(=O)Nc2ncnc(Cl)c2Cl)ccc1Br. The van der Waals surface area contributed by atoms with Crippen molar-refractivity contribution >= 4 is 50.9 Å². The number of anilines is 1. The number of halogens is 3. The summed E-state index contributed by atoms with van der Waals surface area (Å²) in [5.74, 6) is -0.125. The quantitative estimate of drug-likeness (QED) is 0.820. The van der Waals surface area contributed by atoms with Crippen molar-refractivity contribution in [2.45, 2.75) is 6.92 Å². The highest BCUT2D eigenvalue weighted by atomic mass is 79.9. The first-order valence-electron chi connectivity index (χ1n) is 5.22. The van der Waals surface area contributed by atoms with Crippen molar-refractivity contribution in [1.82, 2.24) is 9.97 Å². The average molecular weight is 361 g/mol. The van der Waals surface area contributed by atoms with E-state index in [-0.39, 0.29) is 21.9 Å². The van der Waals surface area contributed by atoms with Gasteiger partial charge >= 0.3 is 0 Å². The predicted octanol–water partition coefficient (Wildman–Crippen LogP) is 4.11. The third-order valence-electron chi connectivity index (χ3n) is 2.40. The molecule has 0 saturated heterocycles. The number of carbonyl (C=O) groups excluding carboxylic acids is 1. The highest BCUT2D eigenvalue weighted by Gasteiger charge is 2.12. The molecule has 0 aliphatic carbocycles. The molecule has 0 saturated carbocycles. The van der Waals surface area contributed by atoms with Crippen molar-refractivity contribution in [2.75, 3.05) is 5.32 Å². The van der Waals surface area contributed by atoms with E-state index in [4.69, 9.17) is 23.2 Å². The number of amides is 1. The molecule has 0 bridgehead atoms. The molecule has 0 radical (unpaired) electrons. The van der Waals surface area contributed by atoms with Gasteiger partial charge in [0.25, 0.3) is 5.91 Å². The zero-order valence-corrected chi connectivity index (χ0v) is 12.8. The van der Waals surface area contributed by atoms with Crippen LogP contribution in [0, 0.1) is 6.92 Å². The minimum atomic E-state index is -0.313. The molecule has 0 unspecified atom stereocenters. The van der Waals surface area contributed by atoms with E-state index in [0.717, 1.165) is 10.0 Å². The van der Waals surface area contributed by atoms with Gasteiger partial charge in [-0.3, -0.25) is 4.79 Å². The Balaban J connectivity index is 2.26. The Bertz CT molecular complexity index is 649. The lowest BCUT2D eigenvalue weighted by molar-refractivity contribution is 0.102. The smallest absolute Gasteiger partial charge is 0.256 e. The molecule has 0 spiro atoms. The Hall–Kier alpha value is -1.17. The Morgan fingerprint density at radius 2 is 2.05 bits per heavy atom. The van der Waals surface area contributed by atoms with Crippen LogP contribution in [0.5, 0.6) is 0 Å². The molecule has 0 aliphatic rings. The van der Waals surface area contributed by atoms with Crippen LogP contribution < -0.4 is 5.32 Å². The number of nitrogens with one attached hydrogen (secondary N) is 1.